The summed E-state index contributed by atoms with van der Waals surface area (Å²) in [5.41, 5.74) is 2.77. The lowest BCUT2D eigenvalue weighted by molar-refractivity contribution is 0.265. The van der Waals surface area contributed by atoms with E-state index in [0.717, 1.165) is 28.4 Å². The molecule has 0 unspecified atom stereocenters. The maximum Gasteiger partial charge on any atom is 0.289 e. The van der Waals surface area contributed by atoms with E-state index in [1.165, 1.54) is 12.1 Å². The Morgan fingerprint density at radius 1 is 1.12 bits per heavy atom. The Labute approximate surface area is 146 Å². The highest BCUT2D eigenvalue weighted by atomic mass is 32.2. The van der Waals surface area contributed by atoms with Gasteiger partial charge in [-0.3, -0.25) is 14.8 Å². The van der Waals surface area contributed by atoms with Crippen LogP contribution < -0.4 is 5.32 Å². The quantitative estimate of drug-likeness (QED) is 0.748. The van der Waals surface area contributed by atoms with Crippen LogP contribution in [-0.2, 0) is 0 Å². The van der Waals surface area contributed by atoms with Gasteiger partial charge in [-0.15, -0.1) is 0 Å². The van der Waals surface area contributed by atoms with Crippen LogP contribution in [0.25, 0.3) is 17.1 Å². The van der Waals surface area contributed by atoms with E-state index < -0.39 is 0 Å². The third-order valence-electron chi connectivity index (χ3n) is 3.52. The van der Waals surface area contributed by atoms with Gasteiger partial charge in [0.05, 0.1) is 21.6 Å². The van der Waals surface area contributed by atoms with Crippen LogP contribution in [0.2, 0.25) is 0 Å². The number of aliphatic imine (C=N–C) groups is 1. The molecule has 25 heavy (non-hydrogen) atoms. The number of aromatic nitrogens is 2. The predicted molar refractivity (Wildman–Crippen MR) is 97.1 cm³/mol. The summed E-state index contributed by atoms with van der Waals surface area (Å²) in [6.07, 6.45) is 5.08. The number of nitrogens with one attached hydrogen (secondary N) is 1. The number of carbonyl (C=O) groups excluding carboxylic acids is 1. The molecule has 0 atom stereocenters. The lowest BCUT2D eigenvalue weighted by atomic mass is 10.1. The molecular formula is C18H11FN4OS. The van der Waals surface area contributed by atoms with Gasteiger partial charge >= 0.3 is 0 Å². The minimum atomic E-state index is -0.381. The topological polar surface area (TPSA) is 67.2 Å². The Morgan fingerprint density at radius 2 is 1.96 bits per heavy atom. The number of carbonyl (C=O) groups is 1. The Balaban J connectivity index is 1.79. The van der Waals surface area contributed by atoms with E-state index in [4.69, 9.17) is 0 Å². The molecule has 0 saturated carbocycles. The standard InChI is InChI=1S/C18H11FN4OS/c19-12-4-2-5-13(10-12)22-17-15(25-18(24)23-17)9-11-3-1-6-14-16(11)21-8-7-20-14/h1-10H,(H,22,23,24)/b15-9-. The molecule has 1 aromatic heterocycles. The molecule has 122 valence electrons. The van der Waals surface area contributed by atoms with Gasteiger partial charge in [0.1, 0.15) is 11.7 Å². The van der Waals surface area contributed by atoms with Gasteiger partial charge in [-0.05, 0) is 42.1 Å². The number of para-hydroxylation sites is 1. The summed E-state index contributed by atoms with van der Waals surface area (Å²) in [6, 6.07) is 11.5. The third kappa shape index (κ3) is 3.27. The van der Waals surface area contributed by atoms with Crippen LogP contribution in [0.1, 0.15) is 5.56 Å². The van der Waals surface area contributed by atoms with Crippen LogP contribution in [0.3, 0.4) is 0 Å². The lowest BCUT2D eigenvalue weighted by Crippen LogP contribution is -2.18. The first-order chi connectivity index (χ1) is 12.2. The van der Waals surface area contributed by atoms with Crippen molar-refractivity contribution < 1.29 is 9.18 Å². The average molecular weight is 350 g/mol. The molecule has 4 rings (SSSR count). The van der Waals surface area contributed by atoms with Gasteiger partial charge in [-0.2, -0.15) is 0 Å². The van der Waals surface area contributed by atoms with Crippen molar-refractivity contribution in [1.82, 2.24) is 15.3 Å². The van der Waals surface area contributed by atoms with E-state index in [9.17, 15) is 9.18 Å². The highest BCUT2D eigenvalue weighted by Crippen LogP contribution is 2.29. The van der Waals surface area contributed by atoms with Crippen molar-refractivity contribution in [2.45, 2.75) is 0 Å². The largest absolute Gasteiger partial charge is 0.300 e. The minimum absolute atomic E-state index is 0.229. The Bertz CT molecular complexity index is 1040. The number of benzene rings is 2. The van der Waals surface area contributed by atoms with Gasteiger partial charge in [0.15, 0.2) is 0 Å². The molecule has 0 bridgehead atoms. The number of fused-ring (bicyclic) bond motifs is 1. The molecule has 1 fully saturated rings. The summed E-state index contributed by atoms with van der Waals surface area (Å²) in [7, 11) is 0. The zero-order chi connectivity index (χ0) is 17.2. The molecule has 1 saturated heterocycles. The molecule has 0 spiro atoms. The van der Waals surface area contributed by atoms with Gasteiger partial charge in [0.2, 0.25) is 0 Å². The number of hydrogen-bond acceptors (Lipinski definition) is 5. The summed E-state index contributed by atoms with van der Waals surface area (Å²) in [4.78, 5) is 25.4. The number of nitrogens with zero attached hydrogens (tertiary/aromatic N) is 3. The normalized spacial score (nSPS) is 17.4. The number of amidine groups is 1. The summed E-state index contributed by atoms with van der Waals surface area (Å²) in [5.74, 6) is 0.00942. The lowest BCUT2D eigenvalue weighted by Gasteiger charge is -2.02. The van der Waals surface area contributed by atoms with Crippen LogP contribution in [0.15, 0.2) is 64.8 Å². The highest BCUT2D eigenvalue weighted by Gasteiger charge is 2.24. The van der Waals surface area contributed by atoms with Crippen LogP contribution >= 0.6 is 11.8 Å². The van der Waals surface area contributed by atoms with E-state index in [0.29, 0.717) is 16.4 Å². The fourth-order valence-electron chi connectivity index (χ4n) is 2.46. The van der Waals surface area contributed by atoms with Crippen molar-refractivity contribution in [3.63, 3.8) is 0 Å². The smallest absolute Gasteiger partial charge is 0.289 e. The SMILES string of the molecule is O=C1NC(=Nc2cccc(F)c2)/C(=C/c2cccc3nccnc23)S1. The van der Waals surface area contributed by atoms with Crippen LogP contribution in [0, 0.1) is 5.82 Å². The van der Waals surface area contributed by atoms with Crippen molar-refractivity contribution in [2.24, 2.45) is 4.99 Å². The number of rotatable bonds is 2. The zero-order valence-electron chi connectivity index (χ0n) is 12.8. The summed E-state index contributed by atoms with van der Waals surface area (Å²) in [6.45, 7) is 0. The third-order valence-corrected chi connectivity index (χ3v) is 4.34. The van der Waals surface area contributed by atoms with Gasteiger partial charge in [0, 0.05) is 18.0 Å². The van der Waals surface area contributed by atoms with Crippen molar-refractivity contribution >= 4 is 45.6 Å². The first kappa shape index (κ1) is 15.5. The maximum absolute atomic E-state index is 13.3. The fourth-order valence-corrected chi connectivity index (χ4v) is 3.19. The van der Waals surface area contributed by atoms with Gasteiger partial charge in [-0.1, -0.05) is 18.2 Å². The molecule has 7 heteroatoms. The van der Waals surface area contributed by atoms with Crippen molar-refractivity contribution in [3.05, 3.63) is 71.1 Å². The Kier molecular flexibility index (Phi) is 3.99. The minimum Gasteiger partial charge on any atom is -0.300 e. The monoisotopic (exact) mass is 350 g/mol. The van der Waals surface area contributed by atoms with Crippen LogP contribution in [0.5, 0.6) is 0 Å². The van der Waals surface area contributed by atoms with Gasteiger partial charge < -0.3 is 5.32 Å². The van der Waals surface area contributed by atoms with Gasteiger partial charge in [-0.25, -0.2) is 9.38 Å². The maximum atomic E-state index is 13.3. The van der Waals surface area contributed by atoms with Crippen molar-refractivity contribution in [2.75, 3.05) is 0 Å². The molecular weight excluding hydrogens is 339 g/mol. The molecule has 1 amide bonds. The molecule has 3 aromatic rings. The Hall–Kier alpha value is -3.06. The first-order valence-electron chi connectivity index (χ1n) is 7.44. The number of hydrogen-bond donors (Lipinski definition) is 1. The Morgan fingerprint density at radius 3 is 2.84 bits per heavy atom. The zero-order valence-corrected chi connectivity index (χ0v) is 13.6. The summed E-state index contributed by atoms with van der Waals surface area (Å²) in [5, 5.41) is 2.46. The second-order valence-corrected chi connectivity index (χ2v) is 6.25. The highest BCUT2D eigenvalue weighted by molar-refractivity contribution is 8.18. The van der Waals surface area contributed by atoms with E-state index in [1.54, 1.807) is 24.5 Å². The van der Waals surface area contributed by atoms with E-state index >= 15 is 0 Å². The van der Waals surface area contributed by atoms with Crippen molar-refractivity contribution in [1.29, 1.82) is 0 Å². The number of amides is 1. The fraction of sp³-hybridized carbons (Fsp3) is 0. The molecule has 0 aliphatic carbocycles. The molecule has 2 heterocycles. The molecule has 2 aromatic carbocycles. The van der Waals surface area contributed by atoms with E-state index in [-0.39, 0.29) is 11.1 Å². The predicted octanol–water partition coefficient (Wildman–Crippen LogP) is 4.30. The van der Waals surface area contributed by atoms with E-state index in [1.807, 2.05) is 24.3 Å². The van der Waals surface area contributed by atoms with Crippen LogP contribution in [0.4, 0.5) is 14.9 Å². The first-order valence-corrected chi connectivity index (χ1v) is 8.25. The van der Waals surface area contributed by atoms with E-state index in [2.05, 4.69) is 20.3 Å². The molecule has 5 nitrogen and oxygen atoms in total. The second kappa shape index (κ2) is 6.45. The molecule has 1 aliphatic rings. The summed E-state index contributed by atoms with van der Waals surface area (Å²) >= 11 is 1.04. The molecule has 1 aliphatic heterocycles. The van der Waals surface area contributed by atoms with Gasteiger partial charge in [0.25, 0.3) is 5.24 Å². The molecule has 1 N–H and O–H groups in total. The molecule has 0 radical (unpaired) electrons. The number of halogens is 1. The second-order valence-electron chi connectivity index (χ2n) is 5.23. The number of thioether (sulfide) groups is 1. The summed E-state index contributed by atoms with van der Waals surface area (Å²) < 4.78 is 13.3. The average Bonchev–Trinajstić information content (AvgIpc) is 2.94. The van der Waals surface area contributed by atoms with Crippen molar-refractivity contribution in [3.8, 4) is 0 Å². The van der Waals surface area contributed by atoms with Crippen LogP contribution in [-0.4, -0.2) is 21.0 Å².